The highest BCUT2D eigenvalue weighted by Gasteiger charge is 2.29. The van der Waals surface area contributed by atoms with Crippen molar-refractivity contribution >= 4 is 21.6 Å². The highest BCUT2D eigenvalue weighted by molar-refractivity contribution is 7.17. The van der Waals surface area contributed by atoms with Gasteiger partial charge in [0, 0.05) is 23.5 Å². The average Bonchev–Trinajstić information content (AvgIpc) is 3.49. The van der Waals surface area contributed by atoms with Crippen LogP contribution in [0.2, 0.25) is 0 Å². The number of H-pyrrole nitrogens is 1. The molecule has 1 aliphatic carbocycles. The number of halogens is 1. The van der Waals surface area contributed by atoms with Crippen LogP contribution in [0.25, 0.3) is 21.3 Å². The van der Waals surface area contributed by atoms with E-state index in [1.807, 2.05) is 47.8 Å². The van der Waals surface area contributed by atoms with Gasteiger partial charge in [-0.05, 0) is 36.1 Å². The molecule has 1 fully saturated rings. The Labute approximate surface area is 171 Å². The first-order valence-electron chi connectivity index (χ1n) is 9.72. The maximum Gasteiger partial charge on any atom is 0.260 e. The topological polar surface area (TPSA) is 49.0 Å². The largest absolute Gasteiger partial charge is 0.309 e. The molecule has 2 aromatic heterocycles. The van der Waals surface area contributed by atoms with Crippen LogP contribution in [0.15, 0.2) is 64.8 Å². The Hall–Kier alpha value is -2.83. The molecule has 0 bridgehead atoms. The Kier molecular flexibility index (Phi) is 4.73. The Morgan fingerprint density at radius 3 is 2.55 bits per heavy atom. The summed E-state index contributed by atoms with van der Waals surface area (Å²) in [5, 5.41) is 2.66. The first kappa shape index (κ1) is 18.2. The molecule has 0 radical (unpaired) electrons. The van der Waals surface area contributed by atoms with Crippen molar-refractivity contribution in [1.82, 2.24) is 14.9 Å². The quantitative estimate of drug-likeness (QED) is 0.493. The van der Waals surface area contributed by atoms with Crippen molar-refractivity contribution in [2.24, 2.45) is 0 Å². The van der Waals surface area contributed by atoms with Gasteiger partial charge in [0.2, 0.25) is 0 Å². The fraction of sp³-hybridized carbons (Fsp3) is 0.217. The van der Waals surface area contributed by atoms with Crippen LogP contribution in [-0.4, -0.2) is 20.9 Å². The second-order valence-electron chi connectivity index (χ2n) is 7.47. The molecule has 0 aliphatic heterocycles. The minimum atomic E-state index is -0.227. The Bertz CT molecular complexity index is 1200. The lowest BCUT2D eigenvalue weighted by Crippen LogP contribution is -2.27. The summed E-state index contributed by atoms with van der Waals surface area (Å²) in [6.45, 7) is 1.29. The van der Waals surface area contributed by atoms with Gasteiger partial charge in [-0.15, -0.1) is 11.3 Å². The van der Waals surface area contributed by atoms with Gasteiger partial charge < -0.3 is 4.98 Å². The number of hydrogen-bond donors (Lipinski definition) is 1. The Morgan fingerprint density at radius 2 is 1.83 bits per heavy atom. The predicted molar refractivity (Wildman–Crippen MR) is 114 cm³/mol. The maximum absolute atomic E-state index is 13.2. The van der Waals surface area contributed by atoms with E-state index in [2.05, 4.69) is 9.88 Å². The van der Waals surface area contributed by atoms with E-state index in [4.69, 9.17) is 4.98 Å². The van der Waals surface area contributed by atoms with Gasteiger partial charge >= 0.3 is 0 Å². The van der Waals surface area contributed by atoms with Crippen molar-refractivity contribution in [2.75, 3.05) is 0 Å². The SMILES string of the molecule is O=c1[nH]c(CN(Cc2ccc(F)cc2)C2CC2)nc2scc(-c3ccccc3)c12. The van der Waals surface area contributed by atoms with Gasteiger partial charge in [-0.2, -0.15) is 0 Å². The van der Waals surface area contributed by atoms with Crippen molar-refractivity contribution in [2.45, 2.75) is 32.0 Å². The molecule has 1 saturated carbocycles. The smallest absolute Gasteiger partial charge is 0.260 e. The minimum absolute atomic E-state index is 0.0948. The van der Waals surface area contributed by atoms with Crippen LogP contribution >= 0.6 is 11.3 Å². The third kappa shape index (κ3) is 3.86. The van der Waals surface area contributed by atoms with Crippen LogP contribution in [0.4, 0.5) is 4.39 Å². The van der Waals surface area contributed by atoms with Crippen LogP contribution in [0.3, 0.4) is 0 Å². The number of nitrogens with one attached hydrogen (secondary N) is 1. The van der Waals surface area contributed by atoms with E-state index in [0.29, 0.717) is 30.3 Å². The van der Waals surface area contributed by atoms with Crippen LogP contribution < -0.4 is 5.56 Å². The van der Waals surface area contributed by atoms with E-state index in [-0.39, 0.29) is 11.4 Å². The number of thiophene rings is 1. The molecule has 1 aliphatic rings. The maximum atomic E-state index is 13.2. The monoisotopic (exact) mass is 405 g/mol. The summed E-state index contributed by atoms with van der Waals surface area (Å²) in [5.41, 5.74) is 2.91. The summed E-state index contributed by atoms with van der Waals surface area (Å²) in [6.07, 6.45) is 2.29. The number of aromatic nitrogens is 2. The standard InChI is InChI=1S/C23H20FN3OS/c24-17-8-6-15(7-9-17)12-27(18-10-11-18)13-20-25-22(28)21-19(14-29-23(21)26-20)16-4-2-1-3-5-16/h1-9,14,18H,10-13H2,(H,25,26,28). The first-order chi connectivity index (χ1) is 14.2. The third-order valence-corrected chi connectivity index (χ3v) is 6.17. The lowest BCUT2D eigenvalue weighted by atomic mass is 10.1. The molecule has 4 aromatic rings. The van der Waals surface area contributed by atoms with Crippen molar-refractivity contribution in [3.8, 4) is 11.1 Å². The van der Waals surface area contributed by atoms with Gasteiger partial charge in [0.25, 0.3) is 5.56 Å². The summed E-state index contributed by atoms with van der Waals surface area (Å²) in [6, 6.07) is 17.0. The van der Waals surface area contributed by atoms with Crippen molar-refractivity contribution in [1.29, 1.82) is 0 Å². The zero-order chi connectivity index (χ0) is 19.8. The van der Waals surface area contributed by atoms with E-state index in [1.165, 1.54) is 23.5 Å². The second-order valence-corrected chi connectivity index (χ2v) is 8.33. The average molecular weight is 405 g/mol. The molecule has 29 heavy (non-hydrogen) atoms. The third-order valence-electron chi connectivity index (χ3n) is 5.29. The lowest BCUT2D eigenvalue weighted by Gasteiger charge is -2.21. The highest BCUT2D eigenvalue weighted by atomic mass is 32.1. The van der Waals surface area contributed by atoms with E-state index in [1.54, 1.807) is 0 Å². The molecular weight excluding hydrogens is 385 g/mol. The molecule has 0 unspecified atom stereocenters. The number of fused-ring (bicyclic) bond motifs is 1. The van der Waals surface area contributed by atoms with Crippen molar-refractivity contribution in [3.05, 3.63) is 87.5 Å². The number of aromatic amines is 1. The molecule has 1 N–H and O–H groups in total. The van der Waals surface area contributed by atoms with E-state index in [9.17, 15) is 9.18 Å². The molecule has 0 amide bonds. The van der Waals surface area contributed by atoms with Gasteiger partial charge in [-0.25, -0.2) is 9.37 Å². The molecular formula is C23H20FN3OS. The first-order valence-corrected chi connectivity index (χ1v) is 10.6. The number of hydrogen-bond acceptors (Lipinski definition) is 4. The molecule has 2 heterocycles. The van der Waals surface area contributed by atoms with Crippen molar-refractivity contribution < 1.29 is 4.39 Å². The molecule has 146 valence electrons. The summed E-state index contributed by atoms with van der Waals surface area (Å²) >= 11 is 1.50. The van der Waals surface area contributed by atoms with Gasteiger partial charge in [-0.1, -0.05) is 42.5 Å². The van der Waals surface area contributed by atoms with Gasteiger partial charge in [-0.3, -0.25) is 9.69 Å². The minimum Gasteiger partial charge on any atom is -0.309 e. The van der Waals surface area contributed by atoms with E-state index in [0.717, 1.165) is 34.4 Å². The Balaban J connectivity index is 1.44. The summed E-state index contributed by atoms with van der Waals surface area (Å²) in [5.74, 6) is 0.452. The zero-order valence-corrected chi connectivity index (χ0v) is 16.6. The molecule has 0 spiro atoms. The van der Waals surface area contributed by atoms with Gasteiger partial charge in [0.1, 0.15) is 16.5 Å². The van der Waals surface area contributed by atoms with Crippen LogP contribution in [0, 0.1) is 5.82 Å². The van der Waals surface area contributed by atoms with Gasteiger partial charge in [0.15, 0.2) is 0 Å². The second kappa shape index (κ2) is 7.54. The number of benzene rings is 2. The zero-order valence-electron chi connectivity index (χ0n) is 15.8. The van der Waals surface area contributed by atoms with E-state index >= 15 is 0 Å². The Morgan fingerprint density at radius 1 is 1.07 bits per heavy atom. The van der Waals surface area contributed by atoms with Crippen LogP contribution in [-0.2, 0) is 13.1 Å². The molecule has 5 rings (SSSR count). The normalized spacial score (nSPS) is 14.0. The lowest BCUT2D eigenvalue weighted by molar-refractivity contribution is 0.239. The molecule has 6 heteroatoms. The van der Waals surface area contributed by atoms with Crippen LogP contribution in [0.5, 0.6) is 0 Å². The molecule has 0 saturated heterocycles. The van der Waals surface area contributed by atoms with Crippen molar-refractivity contribution in [3.63, 3.8) is 0 Å². The molecule has 0 atom stereocenters. The van der Waals surface area contributed by atoms with Gasteiger partial charge in [0.05, 0.1) is 11.9 Å². The molecule has 4 nitrogen and oxygen atoms in total. The molecule has 2 aromatic carbocycles. The fourth-order valence-corrected chi connectivity index (χ4v) is 4.64. The summed E-state index contributed by atoms with van der Waals surface area (Å²) in [7, 11) is 0. The number of nitrogens with zero attached hydrogens (tertiary/aromatic N) is 2. The highest BCUT2D eigenvalue weighted by Crippen LogP contribution is 2.32. The summed E-state index contributed by atoms with van der Waals surface area (Å²) < 4.78 is 13.2. The van der Waals surface area contributed by atoms with Crippen LogP contribution in [0.1, 0.15) is 24.2 Å². The predicted octanol–water partition coefficient (Wildman–Crippen LogP) is 4.96. The number of rotatable bonds is 6. The fourth-order valence-electron chi connectivity index (χ4n) is 3.67. The van der Waals surface area contributed by atoms with E-state index < -0.39 is 0 Å². The summed E-state index contributed by atoms with van der Waals surface area (Å²) in [4.78, 5) is 23.7.